The van der Waals surface area contributed by atoms with E-state index < -0.39 is 9.84 Å². The molecule has 0 saturated carbocycles. The van der Waals surface area contributed by atoms with Crippen molar-refractivity contribution >= 4 is 15.7 Å². The SMILES string of the molecule is COc1ccccc1C(=O)NCCCCCc1nnc(S(C)(=O)=O)o1. The van der Waals surface area contributed by atoms with E-state index in [1.54, 1.807) is 18.2 Å². The van der Waals surface area contributed by atoms with Gasteiger partial charge in [-0.1, -0.05) is 23.7 Å². The molecule has 1 aromatic carbocycles. The number of aryl methyl sites for hydroxylation is 1. The van der Waals surface area contributed by atoms with Crippen LogP contribution in [0.15, 0.2) is 33.9 Å². The molecule has 25 heavy (non-hydrogen) atoms. The molecule has 0 spiro atoms. The van der Waals surface area contributed by atoms with Crippen LogP contribution in [0.1, 0.15) is 35.5 Å². The number of benzene rings is 1. The number of hydrogen-bond acceptors (Lipinski definition) is 7. The Labute approximate surface area is 146 Å². The topological polar surface area (TPSA) is 111 Å². The molecule has 0 bridgehead atoms. The highest BCUT2D eigenvalue weighted by molar-refractivity contribution is 7.90. The summed E-state index contributed by atoms with van der Waals surface area (Å²) in [4.78, 5) is 12.1. The third-order valence-corrected chi connectivity index (χ3v) is 4.27. The van der Waals surface area contributed by atoms with Crippen LogP contribution in [0.5, 0.6) is 5.75 Å². The Hall–Kier alpha value is -2.42. The standard InChI is InChI=1S/C16H21N3O5S/c1-23-13-9-6-5-8-12(13)15(20)17-11-7-3-4-10-14-18-19-16(24-14)25(2,21)22/h5-6,8-9H,3-4,7,10-11H2,1-2H3,(H,17,20). The van der Waals surface area contributed by atoms with Gasteiger partial charge in [-0.25, -0.2) is 8.42 Å². The molecule has 0 fully saturated rings. The quantitative estimate of drug-likeness (QED) is 0.670. The van der Waals surface area contributed by atoms with Crippen molar-refractivity contribution in [2.45, 2.75) is 30.9 Å². The lowest BCUT2D eigenvalue weighted by atomic mass is 10.1. The van der Waals surface area contributed by atoms with Crippen LogP contribution in [-0.4, -0.2) is 44.4 Å². The maximum atomic E-state index is 12.1. The van der Waals surface area contributed by atoms with Gasteiger partial charge in [0.25, 0.3) is 5.91 Å². The van der Waals surface area contributed by atoms with Gasteiger partial charge in [0.15, 0.2) is 0 Å². The van der Waals surface area contributed by atoms with Gasteiger partial charge in [-0.15, -0.1) is 5.10 Å². The van der Waals surface area contributed by atoms with Crippen LogP contribution in [0.25, 0.3) is 0 Å². The number of nitrogens with zero attached hydrogens (tertiary/aromatic N) is 2. The van der Waals surface area contributed by atoms with Crippen molar-refractivity contribution in [3.63, 3.8) is 0 Å². The lowest BCUT2D eigenvalue weighted by molar-refractivity contribution is 0.0950. The fourth-order valence-corrected chi connectivity index (χ4v) is 2.63. The summed E-state index contributed by atoms with van der Waals surface area (Å²) in [6.07, 6.45) is 3.91. The number of methoxy groups -OCH3 is 1. The molecule has 0 unspecified atom stereocenters. The third kappa shape index (κ3) is 5.56. The first-order valence-corrected chi connectivity index (χ1v) is 9.74. The first-order chi connectivity index (χ1) is 11.9. The van der Waals surface area contributed by atoms with E-state index in [0.29, 0.717) is 30.2 Å². The molecule has 8 nitrogen and oxygen atoms in total. The first-order valence-electron chi connectivity index (χ1n) is 7.85. The maximum Gasteiger partial charge on any atom is 0.335 e. The third-order valence-electron chi connectivity index (χ3n) is 3.47. The first kappa shape index (κ1) is 18.9. The number of hydrogen-bond donors (Lipinski definition) is 1. The van der Waals surface area contributed by atoms with E-state index in [4.69, 9.17) is 9.15 Å². The summed E-state index contributed by atoms with van der Waals surface area (Å²) < 4.78 is 32.7. The Morgan fingerprint density at radius 3 is 2.64 bits per heavy atom. The van der Waals surface area contributed by atoms with Crippen LogP contribution in [0.4, 0.5) is 0 Å². The Balaban J connectivity index is 1.68. The number of carbonyl (C=O) groups is 1. The molecule has 1 heterocycles. The van der Waals surface area contributed by atoms with Gasteiger partial charge < -0.3 is 14.5 Å². The Morgan fingerprint density at radius 2 is 1.96 bits per heavy atom. The number of rotatable bonds is 9. The van der Waals surface area contributed by atoms with Gasteiger partial charge in [-0.2, -0.15) is 0 Å². The zero-order valence-corrected chi connectivity index (χ0v) is 15.0. The second kappa shape index (κ2) is 8.61. The molecule has 0 saturated heterocycles. The molecule has 9 heteroatoms. The van der Waals surface area contributed by atoms with Crippen molar-refractivity contribution in [3.05, 3.63) is 35.7 Å². The minimum Gasteiger partial charge on any atom is -0.496 e. The van der Waals surface area contributed by atoms with E-state index in [1.165, 1.54) is 7.11 Å². The molecule has 1 N–H and O–H groups in total. The van der Waals surface area contributed by atoms with Crippen molar-refractivity contribution < 1.29 is 22.4 Å². The predicted molar refractivity (Wildman–Crippen MR) is 90.3 cm³/mol. The van der Waals surface area contributed by atoms with Crippen LogP contribution < -0.4 is 10.1 Å². The van der Waals surface area contributed by atoms with Crippen LogP contribution in [0, 0.1) is 0 Å². The Bertz CT molecular complexity index is 817. The number of sulfone groups is 1. The van der Waals surface area contributed by atoms with Crippen LogP contribution in [-0.2, 0) is 16.3 Å². The number of nitrogens with one attached hydrogen (secondary N) is 1. The molecule has 0 aliphatic heterocycles. The normalized spacial score (nSPS) is 11.3. The smallest absolute Gasteiger partial charge is 0.335 e. The highest BCUT2D eigenvalue weighted by Crippen LogP contribution is 2.16. The number of carbonyl (C=O) groups excluding carboxylic acids is 1. The number of unbranched alkanes of at least 4 members (excludes halogenated alkanes) is 2. The molecule has 136 valence electrons. The summed E-state index contributed by atoms with van der Waals surface area (Å²) in [5, 5.41) is 9.70. The van der Waals surface area contributed by atoms with Gasteiger partial charge in [0.1, 0.15) is 5.75 Å². The van der Waals surface area contributed by atoms with Crippen LogP contribution in [0.3, 0.4) is 0 Å². The molecule has 2 rings (SSSR count). The predicted octanol–water partition coefficient (Wildman–Crippen LogP) is 1.62. The van der Waals surface area contributed by atoms with Crippen molar-refractivity contribution in [1.82, 2.24) is 15.5 Å². The summed E-state index contributed by atoms with van der Waals surface area (Å²) in [5.41, 5.74) is 0.504. The maximum absolute atomic E-state index is 12.1. The number of ether oxygens (including phenoxy) is 1. The van der Waals surface area contributed by atoms with Gasteiger partial charge in [0.2, 0.25) is 15.7 Å². The average molecular weight is 367 g/mol. The molecule has 0 atom stereocenters. The summed E-state index contributed by atoms with van der Waals surface area (Å²) in [5.74, 6) is 0.670. The minimum absolute atomic E-state index is 0.174. The van der Waals surface area contributed by atoms with Gasteiger partial charge >= 0.3 is 5.22 Å². The summed E-state index contributed by atoms with van der Waals surface area (Å²) >= 11 is 0. The van der Waals surface area contributed by atoms with Gasteiger partial charge in [0, 0.05) is 19.2 Å². The van der Waals surface area contributed by atoms with Gasteiger partial charge in [-0.3, -0.25) is 4.79 Å². The van der Waals surface area contributed by atoms with E-state index in [-0.39, 0.29) is 11.1 Å². The summed E-state index contributed by atoms with van der Waals surface area (Å²) in [6, 6.07) is 7.04. The minimum atomic E-state index is -3.46. The monoisotopic (exact) mass is 367 g/mol. The van der Waals surface area contributed by atoms with Crippen molar-refractivity contribution in [2.24, 2.45) is 0 Å². The molecular formula is C16H21N3O5S. The fraction of sp³-hybridized carbons (Fsp3) is 0.438. The van der Waals surface area contributed by atoms with E-state index in [0.717, 1.165) is 25.5 Å². The highest BCUT2D eigenvalue weighted by Gasteiger charge is 2.16. The van der Waals surface area contributed by atoms with E-state index in [2.05, 4.69) is 15.5 Å². The van der Waals surface area contributed by atoms with E-state index in [9.17, 15) is 13.2 Å². The van der Waals surface area contributed by atoms with Crippen molar-refractivity contribution in [3.8, 4) is 5.75 Å². The van der Waals surface area contributed by atoms with Crippen molar-refractivity contribution in [2.75, 3.05) is 19.9 Å². The van der Waals surface area contributed by atoms with Crippen molar-refractivity contribution in [1.29, 1.82) is 0 Å². The Morgan fingerprint density at radius 1 is 1.20 bits per heavy atom. The molecule has 1 aromatic heterocycles. The Kier molecular flexibility index (Phi) is 6.51. The number of amides is 1. The molecule has 2 aromatic rings. The molecule has 1 amide bonds. The largest absolute Gasteiger partial charge is 0.496 e. The summed E-state index contributed by atoms with van der Waals surface area (Å²) in [7, 11) is -1.93. The summed E-state index contributed by atoms with van der Waals surface area (Å²) in [6.45, 7) is 0.537. The van der Waals surface area contributed by atoms with E-state index >= 15 is 0 Å². The highest BCUT2D eigenvalue weighted by atomic mass is 32.2. The van der Waals surface area contributed by atoms with E-state index in [1.807, 2.05) is 6.07 Å². The second-order valence-electron chi connectivity index (χ2n) is 5.50. The number of aromatic nitrogens is 2. The lowest BCUT2D eigenvalue weighted by Crippen LogP contribution is -2.24. The van der Waals surface area contributed by atoms with Crippen LogP contribution in [0.2, 0.25) is 0 Å². The van der Waals surface area contributed by atoms with Crippen LogP contribution >= 0.6 is 0 Å². The van der Waals surface area contributed by atoms with Gasteiger partial charge in [-0.05, 0) is 25.0 Å². The zero-order chi connectivity index (χ0) is 18.3. The lowest BCUT2D eigenvalue weighted by Gasteiger charge is -2.08. The molecule has 0 radical (unpaired) electrons. The number of para-hydroxylation sites is 1. The second-order valence-corrected chi connectivity index (χ2v) is 7.39. The fourth-order valence-electron chi connectivity index (χ4n) is 2.20. The average Bonchev–Trinajstić information content (AvgIpc) is 3.07. The molecule has 0 aliphatic rings. The van der Waals surface area contributed by atoms with Gasteiger partial charge in [0.05, 0.1) is 12.7 Å². The zero-order valence-electron chi connectivity index (χ0n) is 14.2. The molecular weight excluding hydrogens is 346 g/mol. The molecule has 0 aliphatic carbocycles.